The minimum absolute atomic E-state index is 0.174. The number of hydrogen-bond acceptors (Lipinski definition) is 6. The fourth-order valence-corrected chi connectivity index (χ4v) is 2.44. The van der Waals surface area contributed by atoms with Gasteiger partial charge >= 0.3 is 5.97 Å². The van der Waals surface area contributed by atoms with Crippen molar-refractivity contribution < 1.29 is 23.8 Å². The molecule has 0 unspecified atom stereocenters. The molecular formula is C16H18N2O5S. The SMILES string of the molecule is CCN1C(=O)/C(=C/c2ccc(OCC(=O)OC)c(OC)c2)NC1=S. The number of methoxy groups -OCH3 is 2. The maximum atomic E-state index is 12.2. The van der Waals surface area contributed by atoms with E-state index in [4.69, 9.17) is 21.7 Å². The normalized spacial score (nSPS) is 15.5. The van der Waals surface area contributed by atoms with Crippen LogP contribution in [0.1, 0.15) is 12.5 Å². The molecule has 0 atom stereocenters. The molecule has 1 amide bonds. The van der Waals surface area contributed by atoms with E-state index in [9.17, 15) is 9.59 Å². The van der Waals surface area contributed by atoms with Crippen LogP contribution < -0.4 is 14.8 Å². The number of nitrogens with zero attached hydrogens (tertiary/aromatic N) is 1. The Balaban J connectivity index is 2.21. The summed E-state index contributed by atoms with van der Waals surface area (Å²) in [6, 6.07) is 5.10. The molecule has 1 N–H and O–H groups in total. The molecule has 2 rings (SSSR count). The van der Waals surface area contributed by atoms with Gasteiger partial charge in [0.25, 0.3) is 5.91 Å². The Bertz CT molecular complexity index is 702. The first-order valence-electron chi connectivity index (χ1n) is 7.22. The highest BCUT2D eigenvalue weighted by molar-refractivity contribution is 7.80. The number of benzene rings is 1. The molecule has 7 nitrogen and oxygen atoms in total. The number of carbonyl (C=O) groups excluding carboxylic acids is 2. The molecule has 0 bridgehead atoms. The number of likely N-dealkylation sites (N-methyl/N-ethyl adjacent to an activating group) is 1. The zero-order chi connectivity index (χ0) is 17.7. The molecule has 0 aromatic heterocycles. The Labute approximate surface area is 145 Å². The van der Waals surface area contributed by atoms with E-state index in [-0.39, 0.29) is 12.5 Å². The van der Waals surface area contributed by atoms with Crippen molar-refractivity contribution in [1.82, 2.24) is 10.2 Å². The van der Waals surface area contributed by atoms with Crippen molar-refractivity contribution in [2.45, 2.75) is 6.92 Å². The quantitative estimate of drug-likeness (QED) is 0.471. The van der Waals surface area contributed by atoms with Gasteiger partial charge in [-0.3, -0.25) is 9.69 Å². The first-order valence-corrected chi connectivity index (χ1v) is 7.63. The molecule has 0 radical (unpaired) electrons. The van der Waals surface area contributed by atoms with Crippen LogP contribution in [-0.4, -0.2) is 49.3 Å². The standard InChI is InChI=1S/C16H18N2O5S/c1-4-18-15(20)11(17-16(18)24)7-10-5-6-12(13(8-10)21-2)23-9-14(19)22-3/h5-8H,4,9H2,1-3H3,(H,17,24)/b11-7-. The Hall–Kier alpha value is -2.61. The van der Waals surface area contributed by atoms with Crippen molar-refractivity contribution in [2.75, 3.05) is 27.4 Å². The molecule has 0 saturated carbocycles. The van der Waals surface area contributed by atoms with Gasteiger partial charge in [0.05, 0.1) is 14.2 Å². The van der Waals surface area contributed by atoms with E-state index < -0.39 is 5.97 Å². The minimum atomic E-state index is -0.489. The number of nitrogens with one attached hydrogen (secondary N) is 1. The van der Waals surface area contributed by atoms with Crippen molar-refractivity contribution in [2.24, 2.45) is 0 Å². The Kier molecular flexibility index (Phi) is 5.75. The second-order valence-corrected chi connectivity index (χ2v) is 5.20. The first kappa shape index (κ1) is 17.7. The zero-order valence-electron chi connectivity index (χ0n) is 13.6. The third-order valence-corrected chi connectivity index (χ3v) is 3.67. The summed E-state index contributed by atoms with van der Waals surface area (Å²) < 4.78 is 15.1. The number of hydrogen-bond donors (Lipinski definition) is 1. The van der Waals surface area contributed by atoms with Crippen molar-refractivity contribution in [3.05, 3.63) is 29.5 Å². The summed E-state index contributed by atoms with van der Waals surface area (Å²) in [6.07, 6.45) is 1.68. The van der Waals surface area contributed by atoms with Gasteiger partial charge in [0.15, 0.2) is 23.2 Å². The van der Waals surface area contributed by atoms with Gasteiger partial charge in [0, 0.05) is 6.54 Å². The third-order valence-electron chi connectivity index (χ3n) is 3.35. The summed E-state index contributed by atoms with van der Waals surface area (Å²) in [4.78, 5) is 24.8. The van der Waals surface area contributed by atoms with Crippen LogP contribution in [-0.2, 0) is 14.3 Å². The maximum absolute atomic E-state index is 12.2. The smallest absolute Gasteiger partial charge is 0.343 e. The van der Waals surface area contributed by atoms with Gasteiger partial charge in [-0.05, 0) is 42.9 Å². The predicted molar refractivity (Wildman–Crippen MR) is 91.6 cm³/mol. The lowest BCUT2D eigenvalue weighted by molar-refractivity contribution is -0.142. The lowest BCUT2D eigenvalue weighted by atomic mass is 10.1. The largest absolute Gasteiger partial charge is 0.493 e. The number of thiocarbonyl (C=S) groups is 1. The van der Waals surface area contributed by atoms with Crippen LogP contribution in [0, 0.1) is 0 Å². The van der Waals surface area contributed by atoms with Gasteiger partial charge in [-0.2, -0.15) is 0 Å². The van der Waals surface area contributed by atoms with E-state index in [1.54, 1.807) is 24.3 Å². The monoisotopic (exact) mass is 350 g/mol. The van der Waals surface area contributed by atoms with Crippen molar-refractivity contribution in [3.63, 3.8) is 0 Å². The van der Waals surface area contributed by atoms with E-state index in [1.165, 1.54) is 19.1 Å². The number of rotatable bonds is 6. The second kappa shape index (κ2) is 7.78. The fourth-order valence-electron chi connectivity index (χ4n) is 2.11. The van der Waals surface area contributed by atoms with Crippen LogP contribution in [0.5, 0.6) is 11.5 Å². The molecule has 8 heteroatoms. The first-order chi connectivity index (χ1) is 11.5. The van der Waals surface area contributed by atoms with E-state index >= 15 is 0 Å². The average molecular weight is 350 g/mol. The number of esters is 1. The highest BCUT2D eigenvalue weighted by Gasteiger charge is 2.29. The molecule has 1 heterocycles. The van der Waals surface area contributed by atoms with Crippen molar-refractivity contribution in [3.8, 4) is 11.5 Å². The fraction of sp³-hybridized carbons (Fsp3) is 0.312. The minimum Gasteiger partial charge on any atom is -0.493 e. The Morgan fingerprint density at radius 3 is 2.67 bits per heavy atom. The van der Waals surface area contributed by atoms with Crippen LogP contribution in [0.25, 0.3) is 6.08 Å². The highest BCUT2D eigenvalue weighted by atomic mass is 32.1. The number of carbonyl (C=O) groups is 2. The summed E-state index contributed by atoms with van der Waals surface area (Å²) in [5.74, 6) is 0.180. The van der Waals surface area contributed by atoms with Crippen LogP contribution in [0.15, 0.2) is 23.9 Å². The topological polar surface area (TPSA) is 77.1 Å². The van der Waals surface area contributed by atoms with E-state index in [0.717, 1.165) is 5.56 Å². The molecule has 0 spiro atoms. The van der Waals surface area contributed by atoms with Crippen molar-refractivity contribution >= 4 is 35.3 Å². The highest BCUT2D eigenvalue weighted by Crippen LogP contribution is 2.29. The zero-order valence-corrected chi connectivity index (χ0v) is 14.4. The molecular weight excluding hydrogens is 332 g/mol. The Morgan fingerprint density at radius 1 is 1.33 bits per heavy atom. The van der Waals surface area contributed by atoms with Gasteiger partial charge < -0.3 is 19.5 Å². The number of ether oxygens (including phenoxy) is 3. The van der Waals surface area contributed by atoms with Crippen LogP contribution >= 0.6 is 12.2 Å². The molecule has 0 aliphatic carbocycles. The van der Waals surface area contributed by atoms with E-state index in [2.05, 4.69) is 10.1 Å². The summed E-state index contributed by atoms with van der Waals surface area (Å²) in [5, 5.41) is 3.28. The lowest BCUT2D eigenvalue weighted by Gasteiger charge is -2.10. The molecule has 1 aromatic carbocycles. The van der Waals surface area contributed by atoms with Gasteiger partial charge in [-0.15, -0.1) is 0 Å². The van der Waals surface area contributed by atoms with E-state index in [1.807, 2.05) is 6.92 Å². The van der Waals surface area contributed by atoms with Gasteiger partial charge in [-0.1, -0.05) is 6.07 Å². The molecule has 24 heavy (non-hydrogen) atoms. The maximum Gasteiger partial charge on any atom is 0.343 e. The van der Waals surface area contributed by atoms with E-state index in [0.29, 0.717) is 28.9 Å². The van der Waals surface area contributed by atoms with Gasteiger partial charge in [0.1, 0.15) is 5.70 Å². The molecule has 1 aromatic rings. The van der Waals surface area contributed by atoms with Crippen LogP contribution in [0.3, 0.4) is 0 Å². The predicted octanol–water partition coefficient (Wildman–Crippen LogP) is 1.32. The number of amides is 1. The summed E-state index contributed by atoms with van der Waals surface area (Å²) >= 11 is 5.11. The molecule has 1 aliphatic heterocycles. The average Bonchev–Trinajstić information content (AvgIpc) is 2.86. The summed E-state index contributed by atoms with van der Waals surface area (Å²) in [5.41, 5.74) is 1.13. The summed E-state index contributed by atoms with van der Waals surface area (Å²) in [7, 11) is 2.78. The third kappa shape index (κ3) is 3.83. The molecule has 1 saturated heterocycles. The second-order valence-electron chi connectivity index (χ2n) is 4.81. The molecule has 1 fully saturated rings. The van der Waals surface area contributed by atoms with Crippen molar-refractivity contribution in [1.29, 1.82) is 0 Å². The van der Waals surface area contributed by atoms with Gasteiger partial charge in [0.2, 0.25) is 0 Å². The molecule has 1 aliphatic rings. The Morgan fingerprint density at radius 2 is 2.08 bits per heavy atom. The van der Waals surface area contributed by atoms with Gasteiger partial charge in [-0.25, -0.2) is 4.79 Å². The van der Waals surface area contributed by atoms with Crippen LogP contribution in [0.4, 0.5) is 0 Å². The summed E-state index contributed by atoms with van der Waals surface area (Å²) in [6.45, 7) is 2.14. The van der Waals surface area contributed by atoms with Crippen LogP contribution in [0.2, 0.25) is 0 Å². The molecule has 128 valence electrons. The lowest BCUT2D eigenvalue weighted by Crippen LogP contribution is -2.30.